The molecule has 2 saturated heterocycles. The summed E-state index contributed by atoms with van der Waals surface area (Å²) in [5, 5.41) is 0.511. The number of nitrogens with two attached hydrogens (primary N) is 2. The fourth-order valence-corrected chi connectivity index (χ4v) is 4.06. The molecule has 4 rings (SSSR count). The zero-order valence-corrected chi connectivity index (χ0v) is 11.3. The quantitative estimate of drug-likeness (QED) is 0.654. The number of benzene rings is 1. The Labute approximate surface area is 116 Å². The highest BCUT2D eigenvalue weighted by molar-refractivity contribution is 8.08. The van der Waals surface area contributed by atoms with Crippen molar-refractivity contribution in [3.8, 4) is 0 Å². The molecule has 3 nitrogen and oxygen atoms in total. The minimum Gasteiger partial charge on any atom is -0.397 e. The highest BCUT2D eigenvalue weighted by Gasteiger charge is 2.55. The Bertz CT molecular complexity index is 606. The first kappa shape index (κ1) is 11.4. The average molecular weight is 272 g/mol. The van der Waals surface area contributed by atoms with E-state index >= 15 is 0 Å². The van der Waals surface area contributed by atoms with Crippen LogP contribution in [0.3, 0.4) is 0 Å². The van der Waals surface area contributed by atoms with Gasteiger partial charge in [0.1, 0.15) is 0 Å². The van der Waals surface area contributed by atoms with Crippen LogP contribution in [-0.2, 0) is 15.9 Å². The fraction of sp³-hybridized carbons (Fsp3) is 0.333. The van der Waals surface area contributed by atoms with Crippen LogP contribution in [0.5, 0.6) is 0 Å². The largest absolute Gasteiger partial charge is 0.397 e. The minimum absolute atomic E-state index is 0.0293. The van der Waals surface area contributed by atoms with Gasteiger partial charge in [0.25, 0.3) is 0 Å². The van der Waals surface area contributed by atoms with E-state index in [-0.39, 0.29) is 4.75 Å². The maximum Gasteiger partial charge on any atom is 0.0850 e. The van der Waals surface area contributed by atoms with Crippen molar-refractivity contribution in [3.05, 3.63) is 47.6 Å². The monoisotopic (exact) mass is 272 g/mol. The lowest BCUT2D eigenvalue weighted by atomic mass is 9.89. The predicted octanol–water partition coefficient (Wildman–Crippen LogP) is 2.23. The number of thioether (sulfide) groups is 1. The van der Waals surface area contributed by atoms with Gasteiger partial charge in [-0.3, -0.25) is 0 Å². The van der Waals surface area contributed by atoms with Gasteiger partial charge in [-0.25, -0.2) is 0 Å². The molecule has 2 fully saturated rings. The Morgan fingerprint density at radius 1 is 1.26 bits per heavy atom. The molecule has 98 valence electrons. The second-order valence-electron chi connectivity index (χ2n) is 5.33. The molecule has 2 heterocycles. The first-order chi connectivity index (χ1) is 9.21. The van der Waals surface area contributed by atoms with Gasteiger partial charge in [-0.15, -0.1) is 11.8 Å². The molecule has 4 heteroatoms. The van der Waals surface area contributed by atoms with E-state index in [4.69, 9.17) is 16.2 Å². The van der Waals surface area contributed by atoms with Crippen LogP contribution in [0.1, 0.15) is 11.1 Å². The number of anilines is 2. The summed E-state index contributed by atoms with van der Waals surface area (Å²) >= 11 is 1.92. The lowest BCUT2D eigenvalue weighted by Crippen LogP contribution is -2.15. The minimum atomic E-state index is 0.0293. The van der Waals surface area contributed by atoms with Gasteiger partial charge in [0.2, 0.25) is 0 Å². The van der Waals surface area contributed by atoms with Crippen LogP contribution in [0.25, 0.3) is 0 Å². The molecular weight excluding hydrogens is 256 g/mol. The van der Waals surface area contributed by atoms with E-state index in [0.717, 1.165) is 35.5 Å². The topological polar surface area (TPSA) is 64.6 Å². The van der Waals surface area contributed by atoms with Crippen molar-refractivity contribution in [1.29, 1.82) is 0 Å². The Kier molecular flexibility index (Phi) is 2.29. The van der Waals surface area contributed by atoms with Crippen LogP contribution in [-0.4, -0.2) is 18.0 Å². The first-order valence-electron chi connectivity index (χ1n) is 6.53. The summed E-state index contributed by atoms with van der Waals surface area (Å²) in [5.74, 6) is 0. The lowest BCUT2D eigenvalue weighted by Gasteiger charge is -2.18. The zero-order valence-electron chi connectivity index (χ0n) is 10.5. The van der Waals surface area contributed by atoms with Crippen LogP contribution in [0, 0.1) is 0 Å². The molecule has 3 aliphatic rings. The number of ether oxygens (including phenoxy) is 1. The number of epoxide rings is 1. The number of nitrogen functional groups attached to an aromatic ring is 2. The summed E-state index contributed by atoms with van der Waals surface area (Å²) in [5.41, 5.74) is 16.2. The van der Waals surface area contributed by atoms with Crippen LogP contribution in [0.15, 0.2) is 36.4 Å². The average Bonchev–Trinajstić information content (AvgIpc) is 3.29. The maximum absolute atomic E-state index is 6.29. The van der Waals surface area contributed by atoms with Crippen molar-refractivity contribution < 1.29 is 4.74 Å². The molecule has 19 heavy (non-hydrogen) atoms. The first-order valence-corrected chi connectivity index (χ1v) is 7.41. The third-order valence-corrected chi connectivity index (χ3v) is 5.61. The van der Waals surface area contributed by atoms with Gasteiger partial charge in [-0.1, -0.05) is 36.4 Å². The van der Waals surface area contributed by atoms with Crippen molar-refractivity contribution in [3.63, 3.8) is 0 Å². The molecule has 0 radical (unpaired) electrons. The Balaban J connectivity index is 1.72. The lowest BCUT2D eigenvalue weighted by molar-refractivity contribution is 0.408. The molecule has 0 aromatic heterocycles. The molecule has 0 bridgehead atoms. The van der Waals surface area contributed by atoms with E-state index in [2.05, 4.69) is 36.4 Å². The van der Waals surface area contributed by atoms with E-state index in [1.165, 1.54) is 0 Å². The van der Waals surface area contributed by atoms with Crippen LogP contribution in [0.2, 0.25) is 0 Å². The molecule has 3 unspecified atom stereocenters. The van der Waals surface area contributed by atoms with Gasteiger partial charge in [0, 0.05) is 11.7 Å². The number of hydrogen-bond acceptors (Lipinski definition) is 4. The molecule has 1 aliphatic carbocycles. The smallest absolute Gasteiger partial charge is 0.0850 e. The van der Waals surface area contributed by atoms with E-state index in [1.807, 2.05) is 11.8 Å². The van der Waals surface area contributed by atoms with Crippen molar-refractivity contribution in [2.45, 2.75) is 22.5 Å². The predicted molar refractivity (Wildman–Crippen MR) is 80.0 cm³/mol. The van der Waals surface area contributed by atoms with Crippen molar-refractivity contribution in [1.82, 2.24) is 0 Å². The summed E-state index contributed by atoms with van der Waals surface area (Å²) in [7, 11) is 0. The van der Waals surface area contributed by atoms with Crippen molar-refractivity contribution in [2.24, 2.45) is 0 Å². The van der Waals surface area contributed by atoms with Gasteiger partial charge >= 0.3 is 0 Å². The second kappa shape index (κ2) is 3.81. The molecule has 0 saturated carbocycles. The SMILES string of the molecule is Nc1c(CC2CO2)ccc(C23C=CC=CC2S3)c1N. The highest BCUT2D eigenvalue weighted by Crippen LogP contribution is 2.65. The van der Waals surface area contributed by atoms with E-state index in [0.29, 0.717) is 11.4 Å². The molecule has 0 amide bonds. The van der Waals surface area contributed by atoms with Gasteiger partial charge in [-0.05, 0) is 11.1 Å². The molecule has 1 aromatic carbocycles. The second-order valence-corrected chi connectivity index (χ2v) is 6.75. The fourth-order valence-electron chi connectivity index (χ4n) is 2.79. The van der Waals surface area contributed by atoms with E-state index in [1.54, 1.807) is 0 Å². The van der Waals surface area contributed by atoms with Gasteiger partial charge in [0.15, 0.2) is 0 Å². The summed E-state index contributed by atoms with van der Waals surface area (Å²) in [6.07, 6.45) is 9.87. The maximum atomic E-state index is 6.29. The number of rotatable bonds is 3. The number of allylic oxidation sites excluding steroid dienone is 2. The Morgan fingerprint density at radius 3 is 2.84 bits per heavy atom. The standard InChI is InChI=1S/C15H16N2OS/c16-13-9(7-10-8-18-10)4-5-11(14(13)17)15-6-2-1-3-12(15)19-15/h1-6,10,12H,7-8,16-17H2. The summed E-state index contributed by atoms with van der Waals surface area (Å²) < 4.78 is 5.29. The van der Waals surface area contributed by atoms with Gasteiger partial charge in [0.05, 0.1) is 28.8 Å². The summed E-state index contributed by atoms with van der Waals surface area (Å²) in [6.45, 7) is 0.844. The van der Waals surface area contributed by atoms with E-state index in [9.17, 15) is 0 Å². The van der Waals surface area contributed by atoms with Crippen molar-refractivity contribution >= 4 is 23.1 Å². The summed E-state index contributed by atoms with van der Waals surface area (Å²) in [6, 6.07) is 4.25. The molecule has 0 spiro atoms. The normalized spacial score (nSPS) is 34.1. The molecule has 4 N–H and O–H groups in total. The third kappa shape index (κ3) is 1.70. The van der Waals surface area contributed by atoms with Gasteiger partial charge < -0.3 is 16.2 Å². The Morgan fingerprint density at radius 2 is 2.11 bits per heavy atom. The molecule has 3 atom stereocenters. The number of hydrogen-bond donors (Lipinski definition) is 2. The zero-order chi connectivity index (χ0) is 13.0. The van der Waals surface area contributed by atoms with Crippen LogP contribution in [0.4, 0.5) is 11.4 Å². The van der Waals surface area contributed by atoms with Crippen LogP contribution >= 0.6 is 11.8 Å². The molecule has 2 aliphatic heterocycles. The third-order valence-electron chi connectivity index (χ3n) is 4.08. The molecule has 1 aromatic rings. The van der Waals surface area contributed by atoms with Gasteiger partial charge in [-0.2, -0.15) is 0 Å². The van der Waals surface area contributed by atoms with E-state index < -0.39 is 0 Å². The van der Waals surface area contributed by atoms with Crippen LogP contribution < -0.4 is 11.5 Å². The highest BCUT2D eigenvalue weighted by atomic mass is 32.2. The summed E-state index contributed by atoms with van der Waals surface area (Å²) in [4.78, 5) is 0. The van der Waals surface area contributed by atoms with Crippen molar-refractivity contribution in [2.75, 3.05) is 18.1 Å². The molecular formula is C15H16N2OS. The number of fused-ring (bicyclic) bond motifs is 1. The Hall–Kier alpha value is -1.39.